The SMILES string of the molecule is NCCCOC1CCN(C(=O)c2cnccn2)CC1. The molecule has 1 aliphatic rings. The molecule has 2 rings (SSSR count). The van der Waals surface area contributed by atoms with Crippen molar-refractivity contribution in [3.63, 3.8) is 0 Å². The molecule has 1 amide bonds. The van der Waals surface area contributed by atoms with Gasteiger partial charge >= 0.3 is 0 Å². The van der Waals surface area contributed by atoms with Crippen LogP contribution < -0.4 is 5.73 Å². The summed E-state index contributed by atoms with van der Waals surface area (Å²) in [6, 6.07) is 0. The van der Waals surface area contributed by atoms with Crippen molar-refractivity contribution in [1.82, 2.24) is 14.9 Å². The molecule has 1 aromatic heterocycles. The number of nitrogens with two attached hydrogens (primary N) is 1. The van der Waals surface area contributed by atoms with Crippen molar-refractivity contribution in [1.29, 1.82) is 0 Å². The molecule has 2 N–H and O–H groups in total. The molecular formula is C13H20N4O2. The van der Waals surface area contributed by atoms with Crippen LogP contribution in [0.2, 0.25) is 0 Å². The quantitative estimate of drug-likeness (QED) is 0.781. The van der Waals surface area contributed by atoms with Gasteiger partial charge in [-0.1, -0.05) is 0 Å². The van der Waals surface area contributed by atoms with Crippen molar-refractivity contribution < 1.29 is 9.53 Å². The molecule has 6 heteroatoms. The summed E-state index contributed by atoms with van der Waals surface area (Å²) in [5.74, 6) is -0.0477. The number of likely N-dealkylation sites (tertiary alicyclic amines) is 1. The minimum Gasteiger partial charge on any atom is -0.378 e. The maximum absolute atomic E-state index is 12.1. The number of rotatable bonds is 5. The highest BCUT2D eigenvalue weighted by atomic mass is 16.5. The highest BCUT2D eigenvalue weighted by Gasteiger charge is 2.24. The van der Waals surface area contributed by atoms with Crippen LogP contribution >= 0.6 is 0 Å². The zero-order valence-electron chi connectivity index (χ0n) is 11.0. The van der Waals surface area contributed by atoms with E-state index in [2.05, 4.69) is 9.97 Å². The van der Waals surface area contributed by atoms with Crippen LogP contribution in [0.3, 0.4) is 0 Å². The Morgan fingerprint density at radius 2 is 2.21 bits per heavy atom. The van der Waals surface area contributed by atoms with Crippen LogP contribution in [0.15, 0.2) is 18.6 Å². The fourth-order valence-corrected chi connectivity index (χ4v) is 2.13. The number of hydrogen-bond acceptors (Lipinski definition) is 5. The van der Waals surface area contributed by atoms with Crippen molar-refractivity contribution >= 4 is 5.91 Å². The van der Waals surface area contributed by atoms with E-state index in [4.69, 9.17) is 10.5 Å². The van der Waals surface area contributed by atoms with Crippen molar-refractivity contribution in [2.24, 2.45) is 5.73 Å². The lowest BCUT2D eigenvalue weighted by molar-refractivity contribution is 0.00828. The largest absolute Gasteiger partial charge is 0.378 e. The number of carbonyl (C=O) groups excluding carboxylic acids is 1. The molecule has 1 fully saturated rings. The molecule has 1 saturated heterocycles. The molecule has 2 heterocycles. The molecular weight excluding hydrogens is 244 g/mol. The third-order valence-corrected chi connectivity index (χ3v) is 3.21. The van der Waals surface area contributed by atoms with Gasteiger partial charge in [-0.3, -0.25) is 9.78 Å². The topological polar surface area (TPSA) is 81.3 Å². The van der Waals surface area contributed by atoms with E-state index in [1.165, 1.54) is 12.4 Å². The van der Waals surface area contributed by atoms with E-state index in [1.54, 1.807) is 6.20 Å². The van der Waals surface area contributed by atoms with Crippen molar-refractivity contribution in [3.8, 4) is 0 Å². The smallest absolute Gasteiger partial charge is 0.274 e. The first kappa shape index (κ1) is 13.9. The Labute approximate surface area is 113 Å². The first-order valence-corrected chi connectivity index (χ1v) is 6.68. The van der Waals surface area contributed by atoms with Crippen LogP contribution in [-0.4, -0.2) is 53.1 Å². The highest BCUT2D eigenvalue weighted by Crippen LogP contribution is 2.15. The van der Waals surface area contributed by atoms with E-state index in [-0.39, 0.29) is 12.0 Å². The Balaban J connectivity index is 1.78. The lowest BCUT2D eigenvalue weighted by atomic mass is 10.1. The van der Waals surface area contributed by atoms with E-state index < -0.39 is 0 Å². The monoisotopic (exact) mass is 264 g/mol. The van der Waals surface area contributed by atoms with Gasteiger partial charge in [-0.25, -0.2) is 4.98 Å². The molecule has 6 nitrogen and oxygen atoms in total. The molecule has 0 bridgehead atoms. The number of piperidine rings is 1. The molecule has 0 saturated carbocycles. The zero-order chi connectivity index (χ0) is 13.5. The molecule has 0 unspecified atom stereocenters. The molecule has 1 aromatic rings. The number of ether oxygens (including phenoxy) is 1. The van der Waals surface area contributed by atoms with Crippen molar-refractivity contribution in [2.45, 2.75) is 25.4 Å². The molecule has 19 heavy (non-hydrogen) atoms. The Kier molecular flexibility index (Phi) is 5.23. The average molecular weight is 264 g/mol. The molecule has 0 radical (unpaired) electrons. The third kappa shape index (κ3) is 3.97. The Hall–Kier alpha value is -1.53. The van der Waals surface area contributed by atoms with E-state index in [9.17, 15) is 4.79 Å². The number of carbonyl (C=O) groups is 1. The van der Waals surface area contributed by atoms with Crippen LogP contribution in [0.1, 0.15) is 29.8 Å². The van der Waals surface area contributed by atoms with E-state index in [0.29, 0.717) is 31.9 Å². The standard InChI is InChI=1S/C13H20N4O2/c14-4-1-9-19-11-2-7-17(8-3-11)13(18)12-10-15-5-6-16-12/h5-6,10-11H,1-4,7-9,14H2. The number of nitrogens with zero attached hydrogens (tertiary/aromatic N) is 3. The normalized spacial score (nSPS) is 16.6. The lowest BCUT2D eigenvalue weighted by Gasteiger charge is -2.31. The van der Waals surface area contributed by atoms with Crippen molar-refractivity contribution in [3.05, 3.63) is 24.3 Å². The summed E-state index contributed by atoms with van der Waals surface area (Å²) in [7, 11) is 0. The van der Waals surface area contributed by atoms with Gasteiger partial charge in [-0.15, -0.1) is 0 Å². The Morgan fingerprint density at radius 3 is 2.84 bits per heavy atom. The molecule has 0 atom stereocenters. The fraction of sp³-hybridized carbons (Fsp3) is 0.615. The number of aromatic nitrogens is 2. The van der Waals surface area contributed by atoms with Gasteiger partial charge in [0.2, 0.25) is 0 Å². The number of amides is 1. The van der Waals surface area contributed by atoms with Crippen LogP contribution in [0.25, 0.3) is 0 Å². The van der Waals surface area contributed by atoms with Gasteiger partial charge in [0.25, 0.3) is 5.91 Å². The van der Waals surface area contributed by atoms with Crippen molar-refractivity contribution in [2.75, 3.05) is 26.2 Å². The van der Waals surface area contributed by atoms with Gasteiger partial charge in [0.1, 0.15) is 5.69 Å². The van der Waals surface area contributed by atoms with E-state index in [1.807, 2.05) is 4.90 Å². The summed E-state index contributed by atoms with van der Waals surface area (Å²) in [5.41, 5.74) is 5.83. The summed E-state index contributed by atoms with van der Waals surface area (Å²) >= 11 is 0. The third-order valence-electron chi connectivity index (χ3n) is 3.21. The minimum absolute atomic E-state index is 0.0477. The van der Waals surface area contributed by atoms with Crippen LogP contribution in [0, 0.1) is 0 Å². The van der Waals surface area contributed by atoms with Gasteiger partial charge < -0.3 is 15.4 Å². The second-order valence-electron chi connectivity index (χ2n) is 4.60. The molecule has 1 aliphatic heterocycles. The fourth-order valence-electron chi connectivity index (χ4n) is 2.13. The summed E-state index contributed by atoms with van der Waals surface area (Å²) in [4.78, 5) is 21.9. The summed E-state index contributed by atoms with van der Waals surface area (Å²) in [6.45, 7) is 2.79. The summed E-state index contributed by atoms with van der Waals surface area (Å²) < 4.78 is 5.71. The van der Waals surface area contributed by atoms with Gasteiger partial charge in [0.15, 0.2) is 0 Å². The second-order valence-corrected chi connectivity index (χ2v) is 4.60. The second kappa shape index (κ2) is 7.16. The maximum atomic E-state index is 12.1. The zero-order valence-corrected chi connectivity index (χ0v) is 11.0. The molecule has 0 spiro atoms. The average Bonchev–Trinajstić information content (AvgIpc) is 2.48. The Bertz CT molecular complexity index is 391. The molecule has 0 aliphatic carbocycles. The minimum atomic E-state index is -0.0477. The van der Waals surface area contributed by atoms with Crippen LogP contribution in [0.5, 0.6) is 0 Å². The van der Waals surface area contributed by atoms with Gasteiger partial charge in [0, 0.05) is 32.1 Å². The molecule has 104 valence electrons. The van der Waals surface area contributed by atoms with Gasteiger partial charge in [-0.05, 0) is 25.8 Å². The first-order chi connectivity index (χ1) is 9.31. The predicted octanol–water partition coefficient (Wildman–Crippen LogP) is 0.447. The first-order valence-electron chi connectivity index (χ1n) is 6.68. The van der Waals surface area contributed by atoms with E-state index in [0.717, 1.165) is 19.3 Å². The van der Waals surface area contributed by atoms with Gasteiger partial charge in [0.05, 0.1) is 12.3 Å². The van der Waals surface area contributed by atoms with Gasteiger partial charge in [-0.2, -0.15) is 0 Å². The summed E-state index contributed by atoms with van der Waals surface area (Å²) in [5, 5.41) is 0. The van der Waals surface area contributed by atoms with Crippen LogP contribution in [0.4, 0.5) is 0 Å². The van der Waals surface area contributed by atoms with E-state index >= 15 is 0 Å². The molecule has 0 aromatic carbocycles. The highest BCUT2D eigenvalue weighted by molar-refractivity contribution is 5.92. The number of hydrogen-bond donors (Lipinski definition) is 1. The Morgan fingerprint density at radius 1 is 1.42 bits per heavy atom. The van der Waals surface area contributed by atoms with Crippen LogP contribution in [-0.2, 0) is 4.74 Å². The maximum Gasteiger partial charge on any atom is 0.274 e. The summed E-state index contributed by atoms with van der Waals surface area (Å²) in [6.07, 6.45) is 7.49. The lowest BCUT2D eigenvalue weighted by Crippen LogP contribution is -2.41. The predicted molar refractivity (Wildman–Crippen MR) is 70.6 cm³/mol.